The molecule has 102 valence electrons. The third-order valence-electron chi connectivity index (χ3n) is 3.97. The summed E-state index contributed by atoms with van der Waals surface area (Å²) in [5, 5.41) is 6.56. The summed E-state index contributed by atoms with van der Waals surface area (Å²) in [6.45, 7) is 1.92. The maximum atomic E-state index is 12.2. The van der Waals surface area contributed by atoms with E-state index in [1.165, 1.54) is 23.3 Å². The molecule has 0 bridgehead atoms. The van der Waals surface area contributed by atoms with Crippen LogP contribution < -0.4 is 10.6 Å². The monoisotopic (exact) mass is 276 g/mol. The SMILES string of the molecule is O=C(NCCC1CCCN1)C1CSc2ccccc21. The van der Waals surface area contributed by atoms with Gasteiger partial charge in [0, 0.05) is 23.2 Å². The molecule has 2 unspecified atom stereocenters. The van der Waals surface area contributed by atoms with Crippen LogP contribution in [0.5, 0.6) is 0 Å². The summed E-state index contributed by atoms with van der Waals surface area (Å²) < 4.78 is 0. The summed E-state index contributed by atoms with van der Waals surface area (Å²) in [5.41, 5.74) is 1.20. The lowest BCUT2D eigenvalue weighted by molar-refractivity contribution is -0.122. The van der Waals surface area contributed by atoms with Gasteiger partial charge in [0.25, 0.3) is 0 Å². The predicted molar refractivity (Wildman–Crippen MR) is 78.6 cm³/mol. The van der Waals surface area contributed by atoms with Crippen molar-refractivity contribution in [3.8, 4) is 0 Å². The second-order valence-electron chi connectivity index (χ2n) is 5.27. The second kappa shape index (κ2) is 5.97. The van der Waals surface area contributed by atoms with Crippen molar-refractivity contribution < 1.29 is 4.79 Å². The van der Waals surface area contributed by atoms with E-state index in [1.54, 1.807) is 11.8 Å². The molecule has 0 aliphatic carbocycles. The van der Waals surface area contributed by atoms with Gasteiger partial charge in [0.15, 0.2) is 0 Å². The molecule has 0 radical (unpaired) electrons. The molecular weight excluding hydrogens is 256 g/mol. The highest BCUT2D eigenvalue weighted by molar-refractivity contribution is 7.99. The van der Waals surface area contributed by atoms with E-state index in [0.29, 0.717) is 6.04 Å². The molecule has 1 aromatic rings. The number of carbonyl (C=O) groups excluding carboxylic acids is 1. The van der Waals surface area contributed by atoms with Gasteiger partial charge in [0.05, 0.1) is 5.92 Å². The van der Waals surface area contributed by atoms with Gasteiger partial charge in [-0.2, -0.15) is 0 Å². The Hall–Kier alpha value is -1.00. The van der Waals surface area contributed by atoms with E-state index in [2.05, 4.69) is 22.8 Å². The number of amides is 1. The molecule has 2 heterocycles. The van der Waals surface area contributed by atoms with E-state index in [-0.39, 0.29) is 11.8 Å². The van der Waals surface area contributed by atoms with Crippen molar-refractivity contribution in [1.82, 2.24) is 10.6 Å². The molecule has 1 fully saturated rings. The van der Waals surface area contributed by atoms with E-state index >= 15 is 0 Å². The maximum Gasteiger partial charge on any atom is 0.228 e. The third-order valence-corrected chi connectivity index (χ3v) is 5.15. The summed E-state index contributed by atoms with van der Waals surface area (Å²) in [7, 11) is 0. The molecule has 3 nitrogen and oxygen atoms in total. The van der Waals surface area contributed by atoms with Crippen molar-refractivity contribution in [1.29, 1.82) is 0 Å². The van der Waals surface area contributed by atoms with E-state index in [0.717, 1.165) is 25.3 Å². The lowest BCUT2D eigenvalue weighted by atomic mass is 10.0. The minimum atomic E-state index is 0.0396. The molecule has 3 rings (SSSR count). The Balaban J connectivity index is 1.51. The summed E-state index contributed by atoms with van der Waals surface area (Å²) in [5.74, 6) is 1.11. The Morgan fingerprint density at radius 3 is 3.16 bits per heavy atom. The van der Waals surface area contributed by atoms with E-state index in [9.17, 15) is 4.79 Å². The predicted octanol–water partition coefficient (Wildman–Crippen LogP) is 2.13. The zero-order chi connectivity index (χ0) is 13.1. The number of fused-ring (bicyclic) bond motifs is 1. The van der Waals surface area contributed by atoms with Gasteiger partial charge >= 0.3 is 0 Å². The van der Waals surface area contributed by atoms with Crippen LogP contribution in [0, 0.1) is 0 Å². The molecule has 1 aromatic carbocycles. The lowest BCUT2D eigenvalue weighted by Gasteiger charge is -2.14. The van der Waals surface area contributed by atoms with Crippen LogP contribution in [0.3, 0.4) is 0 Å². The Bertz CT molecular complexity index is 457. The molecule has 1 saturated heterocycles. The van der Waals surface area contributed by atoms with Crippen LogP contribution in [0.4, 0.5) is 0 Å². The second-order valence-corrected chi connectivity index (χ2v) is 6.34. The number of carbonyl (C=O) groups is 1. The zero-order valence-electron chi connectivity index (χ0n) is 11.0. The summed E-state index contributed by atoms with van der Waals surface area (Å²) in [6, 6.07) is 8.85. The van der Waals surface area contributed by atoms with Gasteiger partial charge < -0.3 is 10.6 Å². The first kappa shape index (κ1) is 13.0. The number of hydrogen-bond acceptors (Lipinski definition) is 3. The first-order valence-corrected chi connectivity index (χ1v) is 8.06. The average Bonchev–Trinajstić information content (AvgIpc) is 3.07. The van der Waals surface area contributed by atoms with Crippen LogP contribution in [-0.4, -0.2) is 30.8 Å². The third kappa shape index (κ3) is 2.95. The van der Waals surface area contributed by atoms with E-state index in [1.807, 2.05) is 12.1 Å². The summed E-state index contributed by atoms with van der Waals surface area (Å²) in [4.78, 5) is 13.5. The summed E-state index contributed by atoms with van der Waals surface area (Å²) in [6.07, 6.45) is 3.57. The Labute approximate surface area is 118 Å². The first-order valence-electron chi connectivity index (χ1n) is 7.07. The summed E-state index contributed by atoms with van der Waals surface area (Å²) >= 11 is 1.79. The lowest BCUT2D eigenvalue weighted by Crippen LogP contribution is -2.33. The van der Waals surface area contributed by atoms with Crippen LogP contribution in [0.25, 0.3) is 0 Å². The van der Waals surface area contributed by atoms with E-state index < -0.39 is 0 Å². The highest BCUT2D eigenvalue weighted by Crippen LogP contribution is 2.39. The van der Waals surface area contributed by atoms with Gasteiger partial charge in [-0.25, -0.2) is 0 Å². The number of benzene rings is 1. The molecule has 0 saturated carbocycles. The average molecular weight is 276 g/mol. The number of nitrogens with one attached hydrogen (secondary N) is 2. The number of hydrogen-bond donors (Lipinski definition) is 2. The highest BCUT2D eigenvalue weighted by Gasteiger charge is 2.28. The molecule has 2 aliphatic heterocycles. The molecule has 0 spiro atoms. The number of rotatable bonds is 4. The normalized spacial score (nSPS) is 25.3. The Morgan fingerprint density at radius 1 is 1.42 bits per heavy atom. The van der Waals surface area contributed by atoms with Crippen molar-refractivity contribution in [3.05, 3.63) is 29.8 Å². The van der Waals surface area contributed by atoms with Crippen molar-refractivity contribution in [2.45, 2.75) is 36.1 Å². The van der Waals surface area contributed by atoms with Crippen molar-refractivity contribution >= 4 is 17.7 Å². The molecule has 4 heteroatoms. The smallest absolute Gasteiger partial charge is 0.228 e. The molecule has 2 N–H and O–H groups in total. The fraction of sp³-hybridized carbons (Fsp3) is 0.533. The molecule has 0 aromatic heterocycles. The van der Waals surface area contributed by atoms with Gasteiger partial charge in [0.2, 0.25) is 5.91 Å². The first-order chi connectivity index (χ1) is 9.34. The van der Waals surface area contributed by atoms with Crippen LogP contribution in [0.15, 0.2) is 29.2 Å². The van der Waals surface area contributed by atoms with Crippen molar-refractivity contribution in [3.63, 3.8) is 0 Å². The maximum absolute atomic E-state index is 12.2. The molecule has 2 aliphatic rings. The van der Waals surface area contributed by atoms with Gasteiger partial charge in [-0.1, -0.05) is 18.2 Å². The Kier molecular flexibility index (Phi) is 4.09. The van der Waals surface area contributed by atoms with Crippen LogP contribution in [0.2, 0.25) is 0 Å². The molecule has 1 amide bonds. The van der Waals surface area contributed by atoms with Gasteiger partial charge in [-0.05, 0) is 37.4 Å². The van der Waals surface area contributed by atoms with Gasteiger partial charge in [0.1, 0.15) is 0 Å². The fourth-order valence-electron chi connectivity index (χ4n) is 2.88. The number of thioether (sulfide) groups is 1. The fourth-order valence-corrected chi connectivity index (χ4v) is 4.10. The molecule has 19 heavy (non-hydrogen) atoms. The van der Waals surface area contributed by atoms with Crippen molar-refractivity contribution in [2.24, 2.45) is 0 Å². The van der Waals surface area contributed by atoms with Gasteiger partial charge in [-0.3, -0.25) is 4.79 Å². The minimum absolute atomic E-state index is 0.0396. The van der Waals surface area contributed by atoms with Gasteiger partial charge in [-0.15, -0.1) is 11.8 Å². The molecular formula is C15H20N2OS. The van der Waals surface area contributed by atoms with Crippen LogP contribution >= 0.6 is 11.8 Å². The largest absolute Gasteiger partial charge is 0.355 e. The van der Waals surface area contributed by atoms with Crippen LogP contribution in [-0.2, 0) is 4.79 Å². The van der Waals surface area contributed by atoms with E-state index in [4.69, 9.17) is 0 Å². The topological polar surface area (TPSA) is 41.1 Å². The van der Waals surface area contributed by atoms with Crippen molar-refractivity contribution in [2.75, 3.05) is 18.8 Å². The molecule has 2 atom stereocenters. The van der Waals surface area contributed by atoms with Crippen LogP contribution in [0.1, 0.15) is 30.7 Å². The minimum Gasteiger partial charge on any atom is -0.355 e. The standard InChI is InChI=1S/C15H20N2OS/c18-15(17-9-7-11-4-3-8-16-11)13-10-19-14-6-2-1-5-12(13)14/h1-2,5-6,11,13,16H,3-4,7-10H2,(H,17,18). The zero-order valence-corrected chi connectivity index (χ0v) is 11.8. The Morgan fingerprint density at radius 2 is 2.32 bits per heavy atom. The highest BCUT2D eigenvalue weighted by atomic mass is 32.2. The quantitative estimate of drug-likeness (QED) is 0.885.